The Kier molecular flexibility index (Phi) is 26.2. The third-order valence-electron chi connectivity index (χ3n) is 5.93. The summed E-state index contributed by atoms with van der Waals surface area (Å²) in [7, 11) is 0. The molecule has 0 radical (unpaired) electrons. The Balaban J connectivity index is 2.96. The standard InChI is InChI=1S/C26H52S/c1-2-3-4-5-6-7-8-9-10-11-12-13-14-15-16-17-18-19-20-21-22-23-24-25-26-27/h26H,2-25H2,1H3. The number of thiocarbonyl (C=S) groups is 1. The SMILES string of the molecule is CCCCCCCCCCCCCCCCCCCCCCCCCC=S. The van der Waals surface area contributed by atoms with Gasteiger partial charge in [-0.15, -0.1) is 0 Å². The second-order valence-corrected chi connectivity index (χ2v) is 9.07. The molecule has 27 heavy (non-hydrogen) atoms. The summed E-state index contributed by atoms with van der Waals surface area (Å²) in [6, 6.07) is 0. The summed E-state index contributed by atoms with van der Waals surface area (Å²) in [4.78, 5) is 0. The molecule has 1 heteroatoms. The summed E-state index contributed by atoms with van der Waals surface area (Å²) in [6.45, 7) is 2.30. The zero-order valence-electron chi connectivity index (χ0n) is 19.0. The van der Waals surface area contributed by atoms with Gasteiger partial charge in [-0.05, 0) is 18.2 Å². The number of rotatable bonds is 24. The van der Waals surface area contributed by atoms with Crippen LogP contribution in [0.3, 0.4) is 0 Å². The predicted octanol–water partition coefficient (Wildman–Crippen LogP) is 10.4. The van der Waals surface area contributed by atoms with Crippen LogP contribution in [0.15, 0.2) is 0 Å². The van der Waals surface area contributed by atoms with Gasteiger partial charge in [0, 0.05) is 0 Å². The Morgan fingerprint density at radius 3 is 0.815 bits per heavy atom. The summed E-state index contributed by atoms with van der Waals surface area (Å²) >= 11 is 4.86. The van der Waals surface area contributed by atoms with Crippen LogP contribution in [0, 0.1) is 0 Å². The van der Waals surface area contributed by atoms with Gasteiger partial charge in [-0.1, -0.05) is 160 Å². The lowest BCUT2D eigenvalue weighted by molar-refractivity contribution is 0.518. The zero-order valence-corrected chi connectivity index (χ0v) is 19.8. The third-order valence-corrected chi connectivity index (χ3v) is 6.16. The second kappa shape index (κ2) is 26.1. The summed E-state index contributed by atoms with van der Waals surface area (Å²) in [5.74, 6) is 0. The van der Waals surface area contributed by atoms with E-state index in [1.807, 2.05) is 5.37 Å². The van der Waals surface area contributed by atoms with Crippen LogP contribution < -0.4 is 0 Å². The molecule has 0 fully saturated rings. The first kappa shape index (κ1) is 27.1. The zero-order chi connectivity index (χ0) is 19.7. The van der Waals surface area contributed by atoms with E-state index in [0.29, 0.717) is 0 Å². The van der Waals surface area contributed by atoms with E-state index in [4.69, 9.17) is 12.2 Å². The van der Waals surface area contributed by atoms with Crippen LogP contribution in [-0.2, 0) is 0 Å². The average Bonchev–Trinajstić information content (AvgIpc) is 2.68. The van der Waals surface area contributed by atoms with Gasteiger partial charge in [-0.25, -0.2) is 0 Å². The molecule has 0 aromatic heterocycles. The Labute approximate surface area is 178 Å². The van der Waals surface area contributed by atoms with E-state index in [0.717, 1.165) is 6.42 Å². The molecule has 0 atom stereocenters. The van der Waals surface area contributed by atoms with Crippen molar-refractivity contribution < 1.29 is 0 Å². The van der Waals surface area contributed by atoms with Gasteiger partial charge in [0.1, 0.15) is 0 Å². The van der Waals surface area contributed by atoms with Gasteiger partial charge in [0.2, 0.25) is 0 Å². The number of hydrogen-bond donors (Lipinski definition) is 0. The molecule has 0 aliphatic heterocycles. The first-order chi connectivity index (χ1) is 13.4. The minimum absolute atomic E-state index is 1.13. The van der Waals surface area contributed by atoms with Crippen molar-refractivity contribution in [3.63, 3.8) is 0 Å². The minimum Gasteiger partial charge on any atom is -0.0935 e. The smallest absolute Gasteiger partial charge is 0.0210 e. The molecule has 0 unspecified atom stereocenters. The van der Waals surface area contributed by atoms with Crippen molar-refractivity contribution in [2.24, 2.45) is 0 Å². The molecule has 0 nitrogen and oxygen atoms in total. The van der Waals surface area contributed by atoms with Gasteiger partial charge < -0.3 is 0 Å². The molecule has 0 bridgehead atoms. The minimum atomic E-state index is 1.13. The Morgan fingerprint density at radius 1 is 0.370 bits per heavy atom. The third kappa shape index (κ3) is 26.1. The lowest BCUT2D eigenvalue weighted by atomic mass is 10.0. The molecule has 0 aromatic carbocycles. The van der Waals surface area contributed by atoms with Crippen molar-refractivity contribution >= 4 is 17.6 Å². The molecule has 0 aliphatic carbocycles. The van der Waals surface area contributed by atoms with E-state index in [2.05, 4.69) is 6.92 Å². The normalized spacial score (nSPS) is 11.1. The summed E-state index contributed by atoms with van der Waals surface area (Å²) in [5, 5.41) is 1.89. The molecule has 0 saturated carbocycles. The van der Waals surface area contributed by atoms with Crippen LogP contribution in [0.4, 0.5) is 0 Å². The highest BCUT2D eigenvalue weighted by Gasteiger charge is 1.95. The van der Waals surface area contributed by atoms with Crippen LogP contribution in [-0.4, -0.2) is 5.37 Å². The van der Waals surface area contributed by atoms with Crippen LogP contribution in [0.2, 0.25) is 0 Å². The molecule has 0 aromatic rings. The molecule has 0 aliphatic rings. The first-order valence-electron chi connectivity index (χ1n) is 12.9. The first-order valence-corrected chi connectivity index (χ1v) is 13.3. The average molecular weight is 397 g/mol. The maximum atomic E-state index is 4.86. The molecule has 0 spiro atoms. The fourth-order valence-electron chi connectivity index (χ4n) is 4.01. The predicted molar refractivity (Wildman–Crippen MR) is 130 cm³/mol. The molecule has 0 saturated heterocycles. The van der Waals surface area contributed by atoms with Crippen molar-refractivity contribution in [3.8, 4) is 0 Å². The van der Waals surface area contributed by atoms with Crippen molar-refractivity contribution in [1.29, 1.82) is 0 Å². The number of hydrogen-bond acceptors (Lipinski definition) is 1. The molecule has 0 rings (SSSR count). The Morgan fingerprint density at radius 2 is 0.593 bits per heavy atom. The largest absolute Gasteiger partial charge is 0.0935 e. The number of unbranched alkanes of at least 4 members (excludes halogenated alkanes) is 23. The molecule has 162 valence electrons. The van der Waals surface area contributed by atoms with E-state index < -0.39 is 0 Å². The van der Waals surface area contributed by atoms with Crippen molar-refractivity contribution in [2.75, 3.05) is 0 Å². The Bertz CT molecular complexity index is 261. The quantitative estimate of drug-likeness (QED) is 0.115. The van der Waals surface area contributed by atoms with E-state index in [1.165, 1.54) is 148 Å². The van der Waals surface area contributed by atoms with E-state index >= 15 is 0 Å². The van der Waals surface area contributed by atoms with Gasteiger partial charge >= 0.3 is 0 Å². The fraction of sp³-hybridized carbons (Fsp3) is 0.962. The van der Waals surface area contributed by atoms with E-state index in [-0.39, 0.29) is 0 Å². The van der Waals surface area contributed by atoms with Gasteiger partial charge in [0.05, 0.1) is 0 Å². The van der Waals surface area contributed by atoms with Gasteiger partial charge in [-0.2, -0.15) is 0 Å². The highest BCUT2D eigenvalue weighted by atomic mass is 32.1. The summed E-state index contributed by atoms with van der Waals surface area (Å²) < 4.78 is 0. The molecule has 0 N–H and O–H groups in total. The van der Waals surface area contributed by atoms with E-state index in [9.17, 15) is 0 Å². The maximum Gasteiger partial charge on any atom is -0.0210 e. The van der Waals surface area contributed by atoms with Crippen molar-refractivity contribution in [2.45, 2.75) is 161 Å². The topological polar surface area (TPSA) is 0 Å². The lowest BCUT2D eigenvalue weighted by Gasteiger charge is -2.04. The van der Waals surface area contributed by atoms with Crippen LogP contribution in [0.25, 0.3) is 0 Å². The molecule has 0 amide bonds. The summed E-state index contributed by atoms with van der Waals surface area (Å²) in [6.07, 6.45) is 34.6. The van der Waals surface area contributed by atoms with Gasteiger partial charge in [0.25, 0.3) is 0 Å². The highest BCUT2D eigenvalue weighted by molar-refractivity contribution is 7.78. The van der Waals surface area contributed by atoms with Crippen molar-refractivity contribution in [3.05, 3.63) is 0 Å². The maximum absolute atomic E-state index is 4.86. The fourth-order valence-corrected chi connectivity index (χ4v) is 4.18. The lowest BCUT2D eigenvalue weighted by Crippen LogP contribution is -1.84. The molecular weight excluding hydrogens is 344 g/mol. The Hall–Kier alpha value is 0.0900. The van der Waals surface area contributed by atoms with Gasteiger partial charge in [0.15, 0.2) is 0 Å². The second-order valence-electron chi connectivity index (χ2n) is 8.73. The summed E-state index contributed by atoms with van der Waals surface area (Å²) in [5.41, 5.74) is 0. The molecular formula is C26H52S. The van der Waals surface area contributed by atoms with Crippen molar-refractivity contribution in [1.82, 2.24) is 0 Å². The van der Waals surface area contributed by atoms with Crippen LogP contribution >= 0.6 is 12.2 Å². The van der Waals surface area contributed by atoms with E-state index in [1.54, 1.807) is 0 Å². The van der Waals surface area contributed by atoms with Gasteiger partial charge in [-0.3, -0.25) is 0 Å². The monoisotopic (exact) mass is 396 g/mol. The molecule has 0 heterocycles. The van der Waals surface area contributed by atoms with Crippen LogP contribution in [0.1, 0.15) is 161 Å². The van der Waals surface area contributed by atoms with Crippen LogP contribution in [0.5, 0.6) is 0 Å². The highest BCUT2D eigenvalue weighted by Crippen LogP contribution is 2.15.